The molecule has 1 saturated carbocycles. The third-order valence-electron chi connectivity index (χ3n) is 2.94. The largest absolute Gasteiger partial charge is 0.326 e. The van der Waals surface area contributed by atoms with Crippen LogP contribution in [0.25, 0.3) is 0 Å². The van der Waals surface area contributed by atoms with Crippen LogP contribution < -0.4 is 5.32 Å². The number of anilines is 1. The summed E-state index contributed by atoms with van der Waals surface area (Å²) in [5, 5.41) is 2.91. The van der Waals surface area contributed by atoms with Crippen molar-refractivity contribution in [1.29, 1.82) is 0 Å². The Morgan fingerprint density at radius 2 is 2.25 bits per heavy atom. The molecule has 1 aliphatic rings. The van der Waals surface area contributed by atoms with E-state index in [0.717, 1.165) is 28.8 Å². The molecular weight excluding hydrogens is 286 g/mol. The van der Waals surface area contributed by atoms with E-state index in [-0.39, 0.29) is 11.3 Å². The molecule has 1 aromatic rings. The Labute approximate surface area is 109 Å². The van der Waals surface area contributed by atoms with Crippen LogP contribution in [-0.4, -0.2) is 11.7 Å². The lowest BCUT2D eigenvalue weighted by Gasteiger charge is -2.11. The van der Waals surface area contributed by atoms with Crippen LogP contribution in [0.5, 0.6) is 0 Å². The van der Waals surface area contributed by atoms with Crippen molar-refractivity contribution < 1.29 is 4.79 Å². The fourth-order valence-electron chi connectivity index (χ4n) is 1.68. The minimum atomic E-state index is 0.0876. The molecule has 1 aliphatic carbocycles. The van der Waals surface area contributed by atoms with E-state index in [9.17, 15) is 4.79 Å². The number of halogens is 1. The number of hydrogen-bond acceptors (Lipinski definition) is 2. The number of thiol groups is 1. The summed E-state index contributed by atoms with van der Waals surface area (Å²) in [6.07, 6.45) is 2.84. The van der Waals surface area contributed by atoms with E-state index in [4.69, 9.17) is 0 Å². The van der Waals surface area contributed by atoms with Gasteiger partial charge in [0.2, 0.25) is 5.91 Å². The average molecular weight is 300 g/mol. The van der Waals surface area contributed by atoms with E-state index in [1.54, 1.807) is 0 Å². The summed E-state index contributed by atoms with van der Waals surface area (Å²) >= 11 is 7.67. The van der Waals surface area contributed by atoms with Gasteiger partial charge in [-0.3, -0.25) is 4.79 Å². The molecule has 0 radical (unpaired) electrons. The summed E-state index contributed by atoms with van der Waals surface area (Å²) in [4.78, 5) is 11.8. The Bertz CT molecular complexity index is 404. The number of hydrogen-bond donors (Lipinski definition) is 2. The number of nitrogens with one attached hydrogen (secondary N) is 1. The Morgan fingerprint density at radius 3 is 2.81 bits per heavy atom. The monoisotopic (exact) mass is 299 g/mol. The number of benzene rings is 1. The molecule has 0 heterocycles. The van der Waals surface area contributed by atoms with E-state index >= 15 is 0 Å². The van der Waals surface area contributed by atoms with Gasteiger partial charge in [-0.2, -0.15) is 12.6 Å². The maximum atomic E-state index is 11.8. The maximum Gasteiger partial charge on any atom is 0.224 e. The van der Waals surface area contributed by atoms with Gasteiger partial charge in [0.15, 0.2) is 0 Å². The van der Waals surface area contributed by atoms with Gasteiger partial charge in [-0.05, 0) is 42.2 Å². The normalized spacial score (nSPS) is 16.9. The van der Waals surface area contributed by atoms with Crippen molar-refractivity contribution >= 4 is 40.2 Å². The molecule has 0 saturated heterocycles. The predicted molar refractivity (Wildman–Crippen MR) is 72.9 cm³/mol. The first-order valence-electron chi connectivity index (χ1n) is 5.30. The first-order chi connectivity index (χ1) is 7.63. The first-order valence-corrected chi connectivity index (χ1v) is 6.72. The fourth-order valence-corrected chi connectivity index (χ4v) is 2.51. The maximum absolute atomic E-state index is 11.8. The number of carbonyl (C=O) groups excluding carboxylic acids is 1. The fraction of sp³-hybridized carbons (Fsp3) is 0.417. The highest BCUT2D eigenvalue weighted by Gasteiger charge is 2.42. The van der Waals surface area contributed by atoms with Crippen LogP contribution in [0.3, 0.4) is 0 Å². The molecule has 4 heteroatoms. The van der Waals surface area contributed by atoms with Crippen LogP contribution in [-0.2, 0) is 4.79 Å². The highest BCUT2D eigenvalue weighted by Crippen LogP contribution is 2.49. The minimum absolute atomic E-state index is 0.0876. The third kappa shape index (κ3) is 3.01. The molecule has 1 amide bonds. The summed E-state index contributed by atoms with van der Waals surface area (Å²) in [6, 6.07) is 7.64. The topological polar surface area (TPSA) is 29.1 Å². The van der Waals surface area contributed by atoms with E-state index in [2.05, 4.69) is 33.9 Å². The molecule has 0 unspecified atom stereocenters. The van der Waals surface area contributed by atoms with E-state index in [1.807, 2.05) is 24.3 Å². The number of rotatable bonds is 4. The molecule has 2 rings (SSSR count). The van der Waals surface area contributed by atoms with Crippen LogP contribution in [0, 0.1) is 5.41 Å². The number of carbonyl (C=O) groups is 1. The Morgan fingerprint density at radius 1 is 1.50 bits per heavy atom. The van der Waals surface area contributed by atoms with Crippen molar-refractivity contribution in [2.75, 3.05) is 11.1 Å². The smallest absolute Gasteiger partial charge is 0.224 e. The van der Waals surface area contributed by atoms with Crippen LogP contribution in [0.2, 0.25) is 0 Å². The zero-order chi connectivity index (χ0) is 11.6. The van der Waals surface area contributed by atoms with Gasteiger partial charge in [0.1, 0.15) is 0 Å². The van der Waals surface area contributed by atoms with Gasteiger partial charge < -0.3 is 5.32 Å². The third-order valence-corrected chi connectivity index (χ3v) is 4.10. The molecule has 0 aliphatic heterocycles. The van der Waals surface area contributed by atoms with Crippen molar-refractivity contribution in [2.24, 2.45) is 5.41 Å². The molecule has 0 atom stereocenters. The van der Waals surface area contributed by atoms with Crippen molar-refractivity contribution in [2.45, 2.75) is 19.3 Å². The second-order valence-electron chi connectivity index (χ2n) is 4.39. The summed E-state index contributed by atoms with van der Waals surface area (Å²) in [5.74, 6) is 0.892. The zero-order valence-corrected chi connectivity index (χ0v) is 11.4. The summed E-state index contributed by atoms with van der Waals surface area (Å²) < 4.78 is 0.973. The SMILES string of the molecule is O=C(CC1(CS)CC1)Nc1cccc(Br)c1. The molecule has 1 fully saturated rings. The molecule has 86 valence electrons. The van der Waals surface area contributed by atoms with E-state index in [0.29, 0.717) is 6.42 Å². The van der Waals surface area contributed by atoms with Crippen LogP contribution in [0.1, 0.15) is 19.3 Å². The van der Waals surface area contributed by atoms with Gasteiger partial charge >= 0.3 is 0 Å². The summed E-state index contributed by atoms with van der Waals surface area (Å²) in [6.45, 7) is 0. The van der Waals surface area contributed by atoms with Gasteiger partial charge in [0.25, 0.3) is 0 Å². The zero-order valence-electron chi connectivity index (χ0n) is 8.87. The highest BCUT2D eigenvalue weighted by molar-refractivity contribution is 9.10. The lowest BCUT2D eigenvalue weighted by Crippen LogP contribution is -2.18. The second kappa shape index (κ2) is 4.80. The summed E-state index contributed by atoms with van der Waals surface area (Å²) in [7, 11) is 0. The Hall–Kier alpha value is -0.480. The standard InChI is InChI=1S/C12H14BrNOS/c13-9-2-1-3-10(6-9)14-11(15)7-12(8-16)4-5-12/h1-3,6,16H,4-5,7-8H2,(H,14,15). The van der Waals surface area contributed by atoms with Crippen LogP contribution in [0.15, 0.2) is 28.7 Å². The van der Waals surface area contributed by atoms with Gasteiger partial charge in [-0.25, -0.2) is 0 Å². The van der Waals surface area contributed by atoms with Gasteiger partial charge in [-0.1, -0.05) is 22.0 Å². The van der Waals surface area contributed by atoms with E-state index < -0.39 is 0 Å². The van der Waals surface area contributed by atoms with E-state index in [1.165, 1.54) is 0 Å². The van der Waals surface area contributed by atoms with Crippen LogP contribution in [0.4, 0.5) is 5.69 Å². The molecule has 16 heavy (non-hydrogen) atoms. The quantitative estimate of drug-likeness (QED) is 0.819. The van der Waals surface area contributed by atoms with Gasteiger partial charge in [-0.15, -0.1) is 0 Å². The molecule has 0 bridgehead atoms. The lowest BCUT2D eigenvalue weighted by molar-refractivity contribution is -0.117. The molecule has 0 aromatic heterocycles. The van der Waals surface area contributed by atoms with Crippen molar-refractivity contribution in [1.82, 2.24) is 0 Å². The molecule has 0 spiro atoms. The van der Waals surface area contributed by atoms with Gasteiger partial charge in [0, 0.05) is 16.6 Å². The average Bonchev–Trinajstić information content (AvgIpc) is 2.98. The molecule has 2 nitrogen and oxygen atoms in total. The van der Waals surface area contributed by atoms with Gasteiger partial charge in [0.05, 0.1) is 0 Å². The molecular formula is C12H14BrNOS. The Kier molecular flexibility index (Phi) is 3.60. The number of amides is 1. The molecule has 1 aromatic carbocycles. The lowest BCUT2D eigenvalue weighted by atomic mass is 10.1. The first kappa shape index (κ1) is 12.0. The van der Waals surface area contributed by atoms with Crippen molar-refractivity contribution in [3.63, 3.8) is 0 Å². The molecule has 1 N–H and O–H groups in total. The minimum Gasteiger partial charge on any atom is -0.326 e. The van der Waals surface area contributed by atoms with Crippen LogP contribution >= 0.6 is 28.6 Å². The summed E-state index contributed by atoms with van der Waals surface area (Å²) in [5.41, 5.74) is 1.02. The second-order valence-corrected chi connectivity index (χ2v) is 5.63. The predicted octanol–water partition coefficient (Wildman–Crippen LogP) is 3.49. The highest BCUT2D eigenvalue weighted by atomic mass is 79.9. The van der Waals surface area contributed by atoms with Crippen molar-refractivity contribution in [3.05, 3.63) is 28.7 Å². The Balaban J connectivity index is 1.92. The van der Waals surface area contributed by atoms with Crippen molar-refractivity contribution in [3.8, 4) is 0 Å².